The number of hydrogen-bond donors (Lipinski definition) is 1. The van der Waals surface area contributed by atoms with Crippen LogP contribution in [0.3, 0.4) is 0 Å². The van der Waals surface area contributed by atoms with E-state index in [9.17, 15) is 14.7 Å². The fraction of sp³-hybridized carbons (Fsp3) is 0.0870. The van der Waals surface area contributed by atoms with Crippen LogP contribution in [0.25, 0.3) is 5.76 Å². The van der Waals surface area contributed by atoms with Crippen LogP contribution in [0.1, 0.15) is 17.2 Å². The van der Waals surface area contributed by atoms with Crippen molar-refractivity contribution >= 4 is 39.2 Å². The van der Waals surface area contributed by atoms with Gasteiger partial charge < -0.3 is 9.84 Å². The average molecular weight is 465 g/mol. The van der Waals surface area contributed by atoms with Crippen LogP contribution in [0.2, 0.25) is 0 Å². The van der Waals surface area contributed by atoms with Gasteiger partial charge in [-0.3, -0.25) is 14.5 Å². The molecule has 7 heteroatoms. The Kier molecular flexibility index (Phi) is 5.37. The standard InChI is InChI=1S/C23H17BrN2O4/c1-30-17-10-8-14(9-11-17)21(27)19-20(15-5-4-6-16(24)13-15)26(23(29)22(19)28)18-7-2-3-12-25-18/h2-13,20,27H,1H3. The van der Waals surface area contributed by atoms with Crippen LogP contribution in [-0.4, -0.2) is 28.9 Å². The first-order chi connectivity index (χ1) is 14.5. The molecule has 150 valence electrons. The van der Waals surface area contributed by atoms with Gasteiger partial charge in [-0.2, -0.15) is 0 Å². The van der Waals surface area contributed by atoms with E-state index in [1.807, 2.05) is 18.2 Å². The Labute approximate surface area is 181 Å². The molecule has 6 nitrogen and oxygen atoms in total. The van der Waals surface area contributed by atoms with Crippen LogP contribution in [0.4, 0.5) is 5.82 Å². The number of nitrogens with zero attached hydrogens (tertiary/aromatic N) is 2. The first-order valence-electron chi connectivity index (χ1n) is 9.13. The monoisotopic (exact) mass is 464 g/mol. The summed E-state index contributed by atoms with van der Waals surface area (Å²) in [5, 5.41) is 11.0. The number of ketones is 1. The van der Waals surface area contributed by atoms with Crippen molar-refractivity contribution < 1.29 is 19.4 Å². The third-order valence-corrected chi connectivity index (χ3v) is 5.36. The summed E-state index contributed by atoms with van der Waals surface area (Å²) < 4.78 is 5.94. The van der Waals surface area contributed by atoms with E-state index < -0.39 is 17.7 Å². The van der Waals surface area contributed by atoms with Crippen molar-refractivity contribution in [2.75, 3.05) is 12.0 Å². The van der Waals surface area contributed by atoms with Gasteiger partial charge in [0, 0.05) is 16.2 Å². The lowest BCUT2D eigenvalue weighted by Crippen LogP contribution is -2.30. The van der Waals surface area contributed by atoms with E-state index in [1.165, 1.54) is 4.90 Å². The molecule has 0 saturated carbocycles. The number of amides is 1. The van der Waals surface area contributed by atoms with Gasteiger partial charge in [-0.25, -0.2) is 4.98 Å². The molecule has 1 fully saturated rings. The van der Waals surface area contributed by atoms with Gasteiger partial charge in [-0.05, 0) is 54.1 Å². The fourth-order valence-electron chi connectivity index (χ4n) is 3.46. The van der Waals surface area contributed by atoms with Gasteiger partial charge in [-0.15, -0.1) is 0 Å². The highest BCUT2D eigenvalue weighted by Gasteiger charge is 2.47. The Balaban J connectivity index is 1.93. The normalized spacial score (nSPS) is 17.9. The number of benzene rings is 2. The van der Waals surface area contributed by atoms with Crippen LogP contribution in [-0.2, 0) is 9.59 Å². The summed E-state index contributed by atoms with van der Waals surface area (Å²) in [6.45, 7) is 0. The number of hydrogen-bond acceptors (Lipinski definition) is 5. The largest absolute Gasteiger partial charge is 0.507 e. The summed E-state index contributed by atoms with van der Waals surface area (Å²) >= 11 is 3.44. The van der Waals surface area contributed by atoms with Crippen molar-refractivity contribution in [1.29, 1.82) is 0 Å². The van der Waals surface area contributed by atoms with E-state index in [2.05, 4.69) is 20.9 Å². The lowest BCUT2D eigenvalue weighted by atomic mass is 9.95. The minimum Gasteiger partial charge on any atom is -0.507 e. The number of Topliss-reactive ketones (excluding diaryl/α,β-unsaturated/α-hetero) is 1. The third kappa shape index (κ3) is 3.48. The molecule has 2 heterocycles. The number of pyridine rings is 1. The van der Waals surface area contributed by atoms with Crippen molar-refractivity contribution in [3.63, 3.8) is 0 Å². The number of anilines is 1. The summed E-state index contributed by atoms with van der Waals surface area (Å²) in [5.74, 6) is -0.811. The summed E-state index contributed by atoms with van der Waals surface area (Å²) in [7, 11) is 1.54. The van der Waals surface area contributed by atoms with E-state index in [1.54, 1.807) is 61.8 Å². The quantitative estimate of drug-likeness (QED) is 0.349. The van der Waals surface area contributed by atoms with Crippen LogP contribution in [0.5, 0.6) is 5.75 Å². The maximum Gasteiger partial charge on any atom is 0.301 e. The van der Waals surface area contributed by atoms with Crippen LogP contribution in [0, 0.1) is 0 Å². The molecule has 1 unspecified atom stereocenters. The molecule has 0 spiro atoms. The van der Waals surface area contributed by atoms with Gasteiger partial charge in [0.2, 0.25) is 0 Å². The molecule has 0 radical (unpaired) electrons. The first kappa shape index (κ1) is 19.8. The van der Waals surface area contributed by atoms with Gasteiger partial charge in [0.15, 0.2) is 0 Å². The number of carbonyl (C=O) groups excluding carboxylic acids is 2. The maximum atomic E-state index is 13.0. The highest BCUT2D eigenvalue weighted by atomic mass is 79.9. The van der Waals surface area contributed by atoms with Crippen molar-refractivity contribution in [1.82, 2.24) is 4.98 Å². The van der Waals surface area contributed by atoms with Crippen LogP contribution < -0.4 is 9.64 Å². The van der Waals surface area contributed by atoms with Crippen LogP contribution >= 0.6 is 15.9 Å². The smallest absolute Gasteiger partial charge is 0.301 e. The lowest BCUT2D eigenvalue weighted by molar-refractivity contribution is -0.132. The lowest BCUT2D eigenvalue weighted by Gasteiger charge is -2.24. The first-order valence-corrected chi connectivity index (χ1v) is 9.92. The second-order valence-electron chi connectivity index (χ2n) is 6.64. The molecule has 1 aliphatic rings. The van der Waals surface area contributed by atoms with Gasteiger partial charge in [-0.1, -0.05) is 34.1 Å². The zero-order chi connectivity index (χ0) is 21.3. The average Bonchev–Trinajstić information content (AvgIpc) is 3.04. The van der Waals surface area contributed by atoms with Crippen molar-refractivity contribution in [2.24, 2.45) is 0 Å². The molecular formula is C23H17BrN2O4. The number of aliphatic hydroxyl groups is 1. The molecule has 1 atom stereocenters. The van der Waals surface area contributed by atoms with E-state index in [0.717, 1.165) is 4.47 Å². The Bertz CT molecular complexity index is 1140. The molecule has 1 amide bonds. The predicted octanol–water partition coefficient (Wildman–Crippen LogP) is 4.48. The number of methoxy groups -OCH3 is 1. The van der Waals surface area contributed by atoms with Gasteiger partial charge >= 0.3 is 5.91 Å². The van der Waals surface area contributed by atoms with Gasteiger partial charge in [0.1, 0.15) is 17.3 Å². The highest BCUT2D eigenvalue weighted by molar-refractivity contribution is 9.10. The number of halogens is 1. The van der Waals surface area contributed by atoms with Crippen molar-refractivity contribution in [2.45, 2.75) is 6.04 Å². The molecule has 2 aromatic carbocycles. The molecule has 3 aromatic rings. The number of aromatic nitrogens is 1. The topological polar surface area (TPSA) is 79.7 Å². The zero-order valence-electron chi connectivity index (χ0n) is 15.9. The Morgan fingerprint density at radius 1 is 1.07 bits per heavy atom. The second kappa shape index (κ2) is 8.12. The van der Waals surface area contributed by atoms with Gasteiger partial charge in [0.25, 0.3) is 5.78 Å². The van der Waals surface area contributed by atoms with E-state index in [-0.39, 0.29) is 11.3 Å². The minimum absolute atomic E-state index is 0.00826. The van der Waals surface area contributed by atoms with Crippen molar-refractivity contribution in [3.05, 3.63) is 94.1 Å². The molecule has 4 rings (SSSR count). The Morgan fingerprint density at radius 3 is 2.47 bits per heavy atom. The number of rotatable bonds is 4. The minimum atomic E-state index is -0.820. The number of ether oxygens (including phenoxy) is 1. The predicted molar refractivity (Wildman–Crippen MR) is 116 cm³/mol. The third-order valence-electron chi connectivity index (χ3n) is 4.87. The highest BCUT2D eigenvalue weighted by Crippen LogP contribution is 2.42. The van der Waals surface area contributed by atoms with E-state index >= 15 is 0 Å². The molecule has 1 N–H and O–H groups in total. The summed E-state index contributed by atoms with van der Waals surface area (Å²) in [5.41, 5.74) is 1.09. The fourth-order valence-corrected chi connectivity index (χ4v) is 3.88. The van der Waals surface area contributed by atoms with E-state index in [0.29, 0.717) is 22.7 Å². The van der Waals surface area contributed by atoms with Crippen molar-refractivity contribution in [3.8, 4) is 5.75 Å². The van der Waals surface area contributed by atoms with Gasteiger partial charge in [0.05, 0.1) is 18.7 Å². The molecule has 0 aliphatic carbocycles. The molecule has 30 heavy (non-hydrogen) atoms. The summed E-state index contributed by atoms with van der Waals surface area (Å²) in [6, 6.07) is 18.2. The van der Waals surface area contributed by atoms with E-state index in [4.69, 9.17) is 4.74 Å². The molecule has 1 aromatic heterocycles. The molecular weight excluding hydrogens is 448 g/mol. The molecule has 1 aliphatic heterocycles. The Morgan fingerprint density at radius 2 is 1.83 bits per heavy atom. The summed E-state index contributed by atoms with van der Waals surface area (Å²) in [4.78, 5) is 31.6. The van der Waals surface area contributed by atoms with Crippen LogP contribution in [0.15, 0.2) is 83.0 Å². The summed E-state index contributed by atoms with van der Waals surface area (Å²) in [6.07, 6.45) is 1.55. The second-order valence-corrected chi connectivity index (χ2v) is 7.56. The number of carbonyl (C=O) groups is 2. The number of aliphatic hydroxyl groups excluding tert-OH is 1. The Hall–Kier alpha value is -3.45. The molecule has 1 saturated heterocycles. The maximum absolute atomic E-state index is 13.0. The molecule has 0 bridgehead atoms. The SMILES string of the molecule is COc1ccc(C(O)=C2C(=O)C(=O)N(c3ccccn3)C2c2cccc(Br)c2)cc1. The zero-order valence-corrected chi connectivity index (χ0v) is 17.5.